The first-order valence-electron chi connectivity index (χ1n) is 18.3. The second kappa shape index (κ2) is 13.0. The van der Waals surface area contributed by atoms with Gasteiger partial charge in [0.2, 0.25) is 0 Å². The number of rotatable bonds is 6. The molecule has 0 aliphatic rings. The lowest BCUT2D eigenvalue weighted by Gasteiger charge is -2.28. The molecule has 0 bridgehead atoms. The van der Waals surface area contributed by atoms with Gasteiger partial charge < -0.3 is 4.90 Å². The Morgan fingerprint density at radius 3 is 1.40 bits per heavy atom. The zero-order valence-electron chi connectivity index (χ0n) is 29.2. The minimum absolute atomic E-state index is 1.11. The average molecular weight is 674 g/mol. The molecule has 0 saturated carbocycles. The van der Waals surface area contributed by atoms with E-state index in [-0.39, 0.29) is 0 Å². The van der Waals surface area contributed by atoms with Crippen LogP contribution in [0.3, 0.4) is 0 Å². The topological polar surface area (TPSA) is 3.24 Å². The highest BCUT2D eigenvalue weighted by molar-refractivity contribution is 6.21. The van der Waals surface area contributed by atoms with Crippen LogP contribution in [0.15, 0.2) is 212 Å². The Morgan fingerprint density at radius 2 is 0.717 bits per heavy atom. The van der Waals surface area contributed by atoms with E-state index < -0.39 is 0 Å². The number of nitrogens with zero attached hydrogens (tertiary/aromatic N) is 1. The molecule has 0 saturated heterocycles. The van der Waals surface area contributed by atoms with Crippen molar-refractivity contribution < 1.29 is 0 Å². The number of anilines is 3. The van der Waals surface area contributed by atoms with Gasteiger partial charge in [-0.2, -0.15) is 0 Å². The highest BCUT2D eigenvalue weighted by Gasteiger charge is 2.18. The summed E-state index contributed by atoms with van der Waals surface area (Å²) in [6, 6.07) is 77.2. The quantitative estimate of drug-likeness (QED) is 0.159. The number of hydrogen-bond acceptors (Lipinski definition) is 1. The molecule has 0 atom stereocenters. The molecule has 1 heteroatoms. The molecule has 0 spiro atoms. The summed E-state index contributed by atoms with van der Waals surface area (Å²) in [5.74, 6) is 0. The van der Waals surface area contributed by atoms with Crippen molar-refractivity contribution in [2.45, 2.75) is 0 Å². The minimum atomic E-state index is 1.11. The van der Waals surface area contributed by atoms with E-state index in [2.05, 4.69) is 217 Å². The summed E-state index contributed by atoms with van der Waals surface area (Å²) in [7, 11) is 0. The van der Waals surface area contributed by atoms with E-state index in [1.54, 1.807) is 0 Å². The van der Waals surface area contributed by atoms with Crippen molar-refractivity contribution in [1.82, 2.24) is 0 Å². The third kappa shape index (κ3) is 5.42. The normalized spacial score (nSPS) is 11.4. The van der Waals surface area contributed by atoms with Crippen LogP contribution in [0.25, 0.3) is 76.5 Å². The maximum atomic E-state index is 2.40. The fourth-order valence-electron chi connectivity index (χ4n) is 8.10. The Balaban J connectivity index is 1.14. The lowest BCUT2D eigenvalue weighted by Crippen LogP contribution is -2.10. The van der Waals surface area contributed by atoms with Crippen LogP contribution in [0.4, 0.5) is 17.1 Å². The first-order chi connectivity index (χ1) is 26.3. The SMILES string of the molecule is c1ccc(-c2ccc(N(c3ccc(-c4cc5c6ccccc6ccc5c5ccccc45)cc3)c3ccc(-c4ccccc4)c4ccccc34)cc2)cc1. The molecule has 248 valence electrons. The molecule has 0 unspecified atom stereocenters. The van der Waals surface area contributed by atoms with Gasteiger partial charge in [-0.1, -0.05) is 176 Å². The fourth-order valence-corrected chi connectivity index (χ4v) is 8.10. The van der Waals surface area contributed by atoms with E-state index in [0.717, 1.165) is 17.1 Å². The first kappa shape index (κ1) is 30.8. The molecule has 0 fully saturated rings. The third-order valence-electron chi connectivity index (χ3n) is 10.7. The van der Waals surface area contributed by atoms with Crippen molar-refractivity contribution in [3.05, 3.63) is 212 Å². The van der Waals surface area contributed by atoms with Gasteiger partial charge in [-0.3, -0.25) is 0 Å². The zero-order valence-corrected chi connectivity index (χ0v) is 29.2. The standard InChI is InChI=1S/C52H35N/c1-3-13-36(14-4-1)37-23-28-41(29-24-37)53(52-34-33-44(38-15-5-2-6-16-38)45-19-11-12-22-49(45)52)42-30-25-40(26-31-42)50-35-51-43-18-8-7-17-39(43)27-32-48(51)46-20-9-10-21-47(46)50/h1-35H. The third-order valence-corrected chi connectivity index (χ3v) is 10.7. The fraction of sp³-hybridized carbons (Fsp3) is 0. The van der Waals surface area contributed by atoms with Crippen molar-refractivity contribution in [3.63, 3.8) is 0 Å². The van der Waals surface area contributed by atoms with Crippen molar-refractivity contribution >= 4 is 60.2 Å². The molecule has 0 amide bonds. The Bertz CT molecular complexity index is 2910. The summed E-state index contributed by atoms with van der Waals surface area (Å²) < 4.78 is 0. The van der Waals surface area contributed by atoms with E-state index in [1.807, 2.05) is 0 Å². The number of hydrogen-bond donors (Lipinski definition) is 0. The van der Waals surface area contributed by atoms with E-state index in [1.165, 1.54) is 76.5 Å². The lowest BCUT2D eigenvalue weighted by atomic mass is 9.91. The molecule has 0 N–H and O–H groups in total. The summed E-state index contributed by atoms with van der Waals surface area (Å²) >= 11 is 0. The van der Waals surface area contributed by atoms with E-state index >= 15 is 0 Å². The molecular weight excluding hydrogens is 639 g/mol. The molecule has 10 rings (SSSR count). The molecule has 10 aromatic rings. The molecule has 0 aromatic heterocycles. The van der Waals surface area contributed by atoms with Crippen molar-refractivity contribution in [3.8, 4) is 33.4 Å². The van der Waals surface area contributed by atoms with Crippen LogP contribution in [0.5, 0.6) is 0 Å². The van der Waals surface area contributed by atoms with Crippen LogP contribution in [-0.2, 0) is 0 Å². The maximum Gasteiger partial charge on any atom is 0.0540 e. The number of fused-ring (bicyclic) bond motifs is 6. The smallest absolute Gasteiger partial charge is 0.0540 e. The molecule has 1 nitrogen and oxygen atoms in total. The predicted octanol–water partition coefficient (Wildman–Crippen LogP) is 14.8. The molecule has 0 radical (unpaired) electrons. The summed E-state index contributed by atoms with van der Waals surface area (Å²) in [4.78, 5) is 2.40. The first-order valence-corrected chi connectivity index (χ1v) is 18.3. The Hall–Kier alpha value is -6.96. The Labute approximate surface area is 309 Å². The summed E-state index contributed by atoms with van der Waals surface area (Å²) in [5.41, 5.74) is 10.7. The molecule has 0 heterocycles. The minimum Gasteiger partial charge on any atom is -0.310 e. The van der Waals surface area contributed by atoms with Crippen LogP contribution in [0, 0.1) is 0 Å². The van der Waals surface area contributed by atoms with E-state index in [4.69, 9.17) is 0 Å². The monoisotopic (exact) mass is 673 g/mol. The summed E-state index contributed by atoms with van der Waals surface area (Å²) in [5, 5.41) is 10.1. The van der Waals surface area contributed by atoms with Crippen LogP contribution < -0.4 is 4.90 Å². The van der Waals surface area contributed by atoms with E-state index in [9.17, 15) is 0 Å². The lowest BCUT2D eigenvalue weighted by molar-refractivity contribution is 1.30. The Morgan fingerprint density at radius 1 is 0.245 bits per heavy atom. The second-order valence-electron chi connectivity index (χ2n) is 13.7. The van der Waals surface area contributed by atoms with Crippen molar-refractivity contribution in [2.75, 3.05) is 4.90 Å². The van der Waals surface area contributed by atoms with Gasteiger partial charge in [-0.05, 0) is 107 Å². The van der Waals surface area contributed by atoms with Gasteiger partial charge in [0.05, 0.1) is 5.69 Å². The molecule has 53 heavy (non-hydrogen) atoms. The van der Waals surface area contributed by atoms with Crippen LogP contribution in [0.1, 0.15) is 0 Å². The van der Waals surface area contributed by atoms with Gasteiger partial charge in [0.15, 0.2) is 0 Å². The zero-order chi connectivity index (χ0) is 35.1. The van der Waals surface area contributed by atoms with Crippen LogP contribution in [0.2, 0.25) is 0 Å². The van der Waals surface area contributed by atoms with E-state index in [0.29, 0.717) is 0 Å². The maximum absolute atomic E-state index is 2.40. The summed E-state index contributed by atoms with van der Waals surface area (Å²) in [6.07, 6.45) is 0. The highest BCUT2D eigenvalue weighted by Crippen LogP contribution is 2.44. The van der Waals surface area contributed by atoms with Gasteiger partial charge in [0.25, 0.3) is 0 Å². The van der Waals surface area contributed by atoms with Gasteiger partial charge in [-0.25, -0.2) is 0 Å². The largest absolute Gasteiger partial charge is 0.310 e. The predicted molar refractivity (Wildman–Crippen MR) is 227 cm³/mol. The molecule has 0 aliphatic carbocycles. The molecule has 10 aromatic carbocycles. The second-order valence-corrected chi connectivity index (χ2v) is 13.7. The summed E-state index contributed by atoms with van der Waals surface area (Å²) in [6.45, 7) is 0. The van der Waals surface area contributed by atoms with Gasteiger partial charge in [-0.15, -0.1) is 0 Å². The average Bonchev–Trinajstić information content (AvgIpc) is 3.24. The van der Waals surface area contributed by atoms with Gasteiger partial charge in [0, 0.05) is 16.8 Å². The molecular formula is C52H35N. The van der Waals surface area contributed by atoms with Crippen molar-refractivity contribution in [1.29, 1.82) is 0 Å². The van der Waals surface area contributed by atoms with Crippen LogP contribution in [-0.4, -0.2) is 0 Å². The van der Waals surface area contributed by atoms with Crippen LogP contribution >= 0.6 is 0 Å². The Kier molecular flexibility index (Phi) is 7.55. The van der Waals surface area contributed by atoms with Gasteiger partial charge >= 0.3 is 0 Å². The molecule has 0 aliphatic heterocycles. The van der Waals surface area contributed by atoms with Gasteiger partial charge in [0.1, 0.15) is 0 Å². The highest BCUT2D eigenvalue weighted by atomic mass is 15.1. The van der Waals surface area contributed by atoms with Crippen molar-refractivity contribution in [2.24, 2.45) is 0 Å². The number of benzene rings is 10.